The van der Waals surface area contributed by atoms with Gasteiger partial charge in [0, 0.05) is 12.0 Å². The second-order valence-electron chi connectivity index (χ2n) is 6.24. The highest BCUT2D eigenvalue weighted by molar-refractivity contribution is 5.98. The van der Waals surface area contributed by atoms with Gasteiger partial charge in [0.05, 0.1) is 16.7 Å². The third-order valence-electron chi connectivity index (χ3n) is 4.20. The molecular weight excluding hydrogens is 372 g/mol. The van der Waals surface area contributed by atoms with Crippen LogP contribution in [0.2, 0.25) is 0 Å². The Bertz CT molecular complexity index is 1040. The molecule has 1 unspecified atom stereocenters. The summed E-state index contributed by atoms with van der Waals surface area (Å²) < 4.78 is 10.7. The second-order valence-corrected chi connectivity index (χ2v) is 6.24. The Kier molecular flexibility index (Phi) is 6.02. The van der Waals surface area contributed by atoms with Crippen LogP contribution in [0.1, 0.15) is 44.4 Å². The summed E-state index contributed by atoms with van der Waals surface area (Å²) in [4.78, 5) is 36.2. The lowest BCUT2D eigenvalue weighted by molar-refractivity contribution is 0.0252. The Labute approximate surface area is 167 Å². The number of rotatable bonds is 5. The Morgan fingerprint density at radius 1 is 1.00 bits per heavy atom. The van der Waals surface area contributed by atoms with Crippen molar-refractivity contribution < 1.29 is 23.9 Å². The van der Waals surface area contributed by atoms with E-state index < -0.39 is 18.2 Å². The number of hydrogen-bond acceptors (Lipinski definition) is 7. The minimum Gasteiger partial charge on any atom is -0.433 e. The van der Waals surface area contributed by atoms with E-state index in [1.165, 1.54) is 19.1 Å². The fourth-order valence-electron chi connectivity index (χ4n) is 2.65. The summed E-state index contributed by atoms with van der Waals surface area (Å²) in [6.45, 7) is 1.40. The molecular formula is C22H18N2O5. The topological polar surface area (TPSA) is 106 Å². The average molecular weight is 390 g/mol. The van der Waals surface area contributed by atoms with Gasteiger partial charge in [-0.15, -0.1) is 0 Å². The fourth-order valence-corrected chi connectivity index (χ4v) is 2.65. The third kappa shape index (κ3) is 4.86. The largest absolute Gasteiger partial charge is 0.433 e. The van der Waals surface area contributed by atoms with Gasteiger partial charge in [0.2, 0.25) is 6.23 Å². The van der Waals surface area contributed by atoms with Crippen molar-refractivity contribution in [3.8, 4) is 0 Å². The standard InChI is InChI=1S/C22H18N2O5/c1-14(25)16-8-5-9-17(12-16)22(27)29-20-18(13-23)10-11-19(24-20)28-21(26)15-6-3-2-4-7-15/h2-9,11-12,20,23-24H,10H2,1H3. The zero-order valence-corrected chi connectivity index (χ0v) is 15.6. The van der Waals surface area contributed by atoms with Crippen molar-refractivity contribution >= 4 is 23.6 Å². The second kappa shape index (κ2) is 8.82. The first-order chi connectivity index (χ1) is 14.0. The smallest absolute Gasteiger partial charge is 0.344 e. The molecule has 1 heterocycles. The number of carbonyl (C=O) groups excluding carboxylic acids is 3. The first-order valence-corrected chi connectivity index (χ1v) is 8.82. The van der Waals surface area contributed by atoms with E-state index in [2.05, 4.69) is 11.2 Å². The monoisotopic (exact) mass is 390 g/mol. The minimum absolute atomic E-state index is 0.119. The number of hydrogen-bond donors (Lipinski definition) is 2. The van der Waals surface area contributed by atoms with Gasteiger partial charge >= 0.3 is 11.9 Å². The van der Waals surface area contributed by atoms with Gasteiger partial charge in [0.1, 0.15) is 0 Å². The zero-order valence-electron chi connectivity index (χ0n) is 15.6. The molecule has 0 radical (unpaired) electrons. The summed E-state index contributed by atoms with van der Waals surface area (Å²) in [6, 6.07) is 14.6. The summed E-state index contributed by atoms with van der Waals surface area (Å²) in [5.74, 6) is 0.930. The van der Waals surface area contributed by atoms with Crippen molar-refractivity contribution in [2.45, 2.75) is 19.6 Å². The third-order valence-corrected chi connectivity index (χ3v) is 4.20. The van der Waals surface area contributed by atoms with Crippen LogP contribution in [0.5, 0.6) is 0 Å². The minimum atomic E-state index is -1.02. The van der Waals surface area contributed by atoms with Crippen LogP contribution in [0.3, 0.4) is 0 Å². The van der Waals surface area contributed by atoms with Crippen LogP contribution in [-0.4, -0.2) is 29.8 Å². The van der Waals surface area contributed by atoms with Crippen LogP contribution in [0, 0.1) is 5.41 Å². The average Bonchev–Trinajstić information content (AvgIpc) is 2.74. The van der Waals surface area contributed by atoms with Crippen molar-refractivity contribution in [1.29, 1.82) is 5.41 Å². The van der Waals surface area contributed by atoms with E-state index in [0.29, 0.717) is 16.7 Å². The molecule has 0 spiro atoms. The maximum atomic E-state index is 12.5. The van der Waals surface area contributed by atoms with Crippen molar-refractivity contribution in [1.82, 2.24) is 5.32 Å². The number of allylic oxidation sites excluding steroid dienone is 1. The van der Waals surface area contributed by atoms with Gasteiger partial charge in [0.25, 0.3) is 0 Å². The molecule has 1 aliphatic rings. The van der Waals surface area contributed by atoms with E-state index in [0.717, 1.165) is 0 Å². The van der Waals surface area contributed by atoms with Crippen molar-refractivity contribution in [3.05, 3.63) is 88.8 Å². The van der Waals surface area contributed by atoms with Crippen LogP contribution < -0.4 is 5.32 Å². The normalized spacial score (nSPS) is 15.4. The highest BCUT2D eigenvalue weighted by Gasteiger charge is 2.26. The van der Waals surface area contributed by atoms with E-state index in [9.17, 15) is 14.4 Å². The van der Waals surface area contributed by atoms with Crippen molar-refractivity contribution in [3.63, 3.8) is 0 Å². The molecule has 146 valence electrons. The Morgan fingerprint density at radius 2 is 1.69 bits per heavy atom. The number of carbonyl (C=O) groups is 3. The highest BCUT2D eigenvalue weighted by atomic mass is 16.6. The van der Waals surface area contributed by atoms with Gasteiger partial charge in [0.15, 0.2) is 11.7 Å². The predicted octanol–water partition coefficient (Wildman–Crippen LogP) is 3.24. The van der Waals surface area contributed by atoms with Crippen LogP contribution in [-0.2, 0) is 9.47 Å². The van der Waals surface area contributed by atoms with Crippen LogP contribution in [0.15, 0.2) is 72.1 Å². The summed E-state index contributed by atoms with van der Waals surface area (Å²) in [6.07, 6.45) is 0.766. The van der Waals surface area contributed by atoms with Gasteiger partial charge in [-0.2, -0.15) is 0 Å². The quantitative estimate of drug-likeness (QED) is 0.461. The van der Waals surface area contributed by atoms with Gasteiger partial charge < -0.3 is 14.8 Å². The van der Waals surface area contributed by atoms with Gasteiger partial charge in [-0.05, 0) is 43.1 Å². The van der Waals surface area contributed by atoms with E-state index in [1.807, 2.05) is 0 Å². The molecule has 1 atom stereocenters. The van der Waals surface area contributed by atoms with Crippen molar-refractivity contribution in [2.24, 2.45) is 0 Å². The molecule has 2 aromatic rings. The molecule has 0 aliphatic carbocycles. The summed E-state index contributed by atoms with van der Waals surface area (Å²) in [5, 5.41) is 10.2. The number of benzene rings is 2. The lowest BCUT2D eigenvalue weighted by atomic mass is 10.1. The number of esters is 2. The van der Waals surface area contributed by atoms with Crippen LogP contribution >= 0.6 is 0 Å². The van der Waals surface area contributed by atoms with Gasteiger partial charge in [-0.3, -0.25) is 10.2 Å². The molecule has 2 aromatic carbocycles. The van der Waals surface area contributed by atoms with Gasteiger partial charge in [-0.1, -0.05) is 30.3 Å². The number of nitrogens with one attached hydrogen (secondary N) is 2. The molecule has 3 rings (SSSR count). The van der Waals surface area contributed by atoms with E-state index >= 15 is 0 Å². The maximum absolute atomic E-state index is 12.5. The van der Waals surface area contributed by atoms with Crippen molar-refractivity contribution in [2.75, 3.05) is 0 Å². The van der Waals surface area contributed by atoms with Gasteiger partial charge in [-0.25, -0.2) is 9.59 Å². The summed E-state index contributed by atoms with van der Waals surface area (Å²) in [7, 11) is 0. The number of ether oxygens (including phenoxy) is 2. The molecule has 0 saturated heterocycles. The Hall–Kier alpha value is -3.96. The molecule has 0 aromatic heterocycles. The summed E-state index contributed by atoms with van der Waals surface area (Å²) in [5.41, 5.74) is 1.32. The van der Waals surface area contributed by atoms with Crippen LogP contribution in [0.4, 0.5) is 0 Å². The molecule has 1 aliphatic heterocycles. The zero-order chi connectivity index (χ0) is 20.8. The van der Waals surface area contributed by atoms with E-state index in [4.69, 9.17) is 14.9 Å². The lowest BCUT2D eigenvalue weighted by Gasteiger charge is -2.25. The summed E-state index contributed by atoms with van der Waals surface area (Å²) >= 11 is 0. The SMILES string of the molecule is CC(=O)c1cccc(C(=O)OC2NC(OC(=O)c3ccccc3)=CCC2=C=N)c1. The molecule has 0 saturated carbocycles. The molecule has 0 amide bonds. The molecule has 7 heteroatoms. The maximum Gasteiger partial charge on any atom is 0.344 e. The Morgan fingerprint density at radius 3 is 2.38 bits per heavy atom. The highest BCUT2D eigenvalue weighted by Crippen LogP contribution is 2.19. The van der Waals surface area contributed by atoms with E-state index in [-0.39, 0.29) is 23.7 Å². The molecule has 0 fully saturated rings. The Balaban J connectivity index is 1.72. The number of ketones is 1. The lowest BCUT2D eigenvalue weighted by Crippen LogP contribution is -2.39. The molecule has 0 bridgehead atoms. The number of Topliss-reactive ketones (excluding diaryl/α,β-unsaturated/α-hetero) is 1. The fraction of sp³-hybridized carbons (Fsp3) is 0.136. The molecule has 29 heavy (non-hydrogen) atoms. The van der Waals surface area contributed by atoms with E-state index in [1.54, 1.807) is 48.5 Å². The van der Waals surface area contributed by atoms with Crippen LogP contribution in [0.25, 0.3) is 0 Å². The predicted molar refractivity (Wildman–Crippen MR) is 105 cm³/mol. The molecule has 2 N–H and O–H groups in total. The molecule has 7 nitrogen and oxygen atoms in total. The first-order valence-electron chi connectivity index (χ1n) is 8.82. The first kappa shape index (κ1) is 19.8.